The summed E-state index contributed by atoms with van der Waals surface area (Å²) in [5.74, 6) is 1.80. The smallest absolute Gasteiger partial charge is 0.432 e. The van der Waals surface area contributed by atoms with E-state index in [0.717, 1.165) is 17.3 Å². The monoisotopic (exact) mass is 441 g/mol. The van der Waals surface area contributed by atoms with Gasteiger partial charge in [-0.25, -0.2) is 9.79 Å². The summed E-state index contributed by atoms with van der Waals surface area (Å²) in [6.07, 6.45) is 1.85. The van der Waals surface area contributed by atoms with Crippen molar-refractivity contribution in [3.63, 3.8) is 0 Å². The Morgan fingerprint density at radius 2 is 1.87 bits per heavy atom. The van der Waals surface area contributed by atoms with Gasteiger partial charge in [0.1, 0.15) is 10.8 Å². The molecule has 1 aromatic carbocycles. The molecule has 0 aliphatic heterocycles. The van der Waals surface area contributed by atoms with Gasteiger partial charge < -0.3 is 19.1 Å². The minimum atomic E-state index is -1.33. The summed E-state index contributed by atoms with van der Waals surface area (Å²) in [5, 5.41) is 13.3. The van der Waals surface area contributed by atoms with Gasteiger partial charge in [0.05, 0.1) is 31.8 Å². The van der Waals surface area contributed by atoms with E-state index >= 15 is 0 Å². The fourth-order valence-electron chi connectivity index (χ4n) is 2.59. The maximum Gasteiger partial charge on any atom is 0.432 e. The normalized spacial score (nSPS) is 12.0. The highest BCUT2D eigenvalue weighted by atomic mass is 32.2. The van der Waals surface area contributed by atoms with Crippen molar-refractivity contribution in [1.82, 2.24) is 15.1 Å². The van der Waals surface area contributed by atoms with Crippen LogP contribution in [0.5, 0.6) is 11.5 Å². The van der Waals surface area contributed by atoms with Gasteiger partial charge in [-0.2, -0.15) is 9.98 Å². The van der Waals surface area contributed by atoms with Crippen molar-refractivity contribution in [1.29, 1.82) is 0 Å². The van der Waals surface area contributed by atoms with E-state index in [0.29, 0.717) is 34.6 Å². The van der Waals surface area contributed by atoms with E-state index in [9.17, 15) is 9.90 Å². The van der Waals surface area contributed by atoms with Crippen LogP contribution < -0.4 is 9.47 Å². The van der Waals surface area contributed by atoms with E-state index < -0.39 is 6.09 Å². The Hall–Kier alpha value is -3.73. The summed E-state index contributed by atoms with van der Waals surface area (Å²) >= 11 is 1.14. The third-order valence-electron chi connectivity index (χ3n) is 4.00. The summed E-state index contributed by atoms with van der Waals surface area (Å²) < 4.78 is 15.6. The van der Waals surface area contributed by atoms with Crippen molar-refractivity contribution in [2.75, 3.05) is 20.5 Å². The maximum atomic E-state index is 11.2. The molecule has 2 heterocycles. The lowest BCUT2D eigenvalue weighted by atomic mass is 10.2. The average molecular weight is 441 g/mol. The number of aliphatic imine (C=N–C) groups is 2. The van der Waals surface area contributed by atoms with Gasteiger partial charge in [-0.1, -0.05) is 5.16 Å². The Labute approximate surface area is 182 Å². The second kappa shape index (κ2) is 9.85. The van der Waals surface area contributed by atoms with Gasteiger partial charge in [-0.3, -0.25) is 4.98 Å². The number of ether oxygens (including phenoxy) is 2. The molecule has 10 nitrogen and oxygen atoms in total. The highest BCUT2D eigenvalue weighted by molar-refractivity contribution is 8.15. The van der Waals surface area contributed by atoms with Gasteiger partial charge in [0, 0.05) is 18.6 Å². The van der Waals surface area contributed by atoms with E-state index in [1.54, 1.807) is 43.5 Å². The fourth-order valence-corrected chi connectivity index (χ4v) is 3.11. The fraction of sp³-hybridized carbons (Fsp3) is 0.200. The molecule has 11 heteroatoms. The van der Waals surface area contributed by atoms with Crippen LogP contribution in [-0.2, 0) is 0 Å². The second-order valence-electron chi connectivity index (χ2n) is 5.97. The minimum absolute atomic E-state index is 0.185. The van der Waals surface area contributed by atoms with Crippen LogP contribution in [0, 0.1) is 6.92 Å². The predicted octanol–water partition coefficient (Wildman–Crippen LogP) is 4.02. The van der Waals surface area contributed by atoms with E-state index in [-0.39, 0.29) is 10.8 Å². The lowest BCUT2D eigenvalue weighted by Gasteiger charge is -2.11. The summed E-state index contributed by atoms with van der Waals surface area (Å²) in [5.41, 5.74) is 1.97. The third kappa shape index (κ3) is 5.25. The number of methoxy groups -OCH3 is 2. The molecule has 2 aromatic heterocycles. The first-order valence-corrected chi connectivity index (χ1v) is 10.1. The lowest BCUT2D eigenvalue weighted by molar-refractivity contribution is 0.206. The van der Waals surface area contributed by atoms with Crippen LogP contribution in [0.4, 0.5) is 10.5 Å². The predicted molar refractivity (Wildman–Crippen MR) is 117 cm³/mol. The third-order valence-corrected chi connectivity index (χ3v) is 4.67. The van der Waals surface area contributed by atoms with E-state index in [4.69, 9.17) is 14.0 Å². The van der Waals surface area contributed by atoms with Gasteiger partial charge >= 0.3 is 6.09 Å². The van der Waals surface area contributed by atoms with Crippen LogP contribution in [0.3, 0.4) is 0 Å². The molecule has 31 heavy (non-hydrogen) atoms. The number of rotatable bonds is 6. The molecule has 0 unspecified atom stereocenters. The topological polar surface area (TPSA) is 132 Å². The number of thioether (sulfide) groups is 1. The zero-order chi connectivity index (χ0) is 22.4. The number of hydrogen-bond donors (Lipinski definition) is 1. The van der Waals surface area contributed by atoms with Gasteiger partial charge in [0.25, 0.3) is 0 Å². The molecule has 1 N–H and O–H groups in total. The number of pyridine rings is 1. The van der Waals surface area contributed by atoms with Crippen molar-refractivity contribution < 1.29 is 23.9 Å². The molecular formula is C20H19N5O5S. The molecule has 0 radical (unpaired) electrons. The Bertz CT molecular complexity index is 1140. The van der Waals surface area contributed by atoms with Crippen molar-refractivity contribution in [2.45, 2.75) is 6.92 Å². The van der Waals surface area contributed by atoms with Gasteiger partial charge in [0.2, 0.25) is 11.7 Å². The Balaban J connectivity index is 2.08. The molecule has 1 amide bonds. The van der Waals surface area contributed by atoms with Crippen LogP contribution in [0.15, 0.2) is 51.0 Å². The number of hydrogen-bond acceptors (Lipinski definition) is 9. The highest BCUT2D eigenvalue weighted by Gasteiger charge is 2.18. The number of amides is 1. The summed E-state index contributed by atoms with van der Waals surface area (Å²) in [6.45, 7) is 1.71. The lowest BCUT2D eigenvalue weighted by Crippen LogP contribution is -2.15. The summed E-state index contributed by atoms with van der Waals surface area (Å²) in [4.78, 5) is 28.0. The van der Waals surface area contributed by atoms with Crippen LogP contribution in [-0.4, -0.2) is 57.6 Å². The molecule has 0 aliphatic carbocycles. The van der Waals surface area contributed by atoms with Crippen molar-refractivity contribution in [3.8, 4) is 22.9 Å². The zero-order valence-corrected chi connectivity index (χ0v) is 18.0. The molecule has 0 fully saturated rings. The molecule has 0 saturated carbocycles. The Kier molecular flexibility index (Phi) is 6.98. The number of carbonyl (C=O) groups is 1. The quantitative estimate of drug-likeness (QED) is 0.445. The van der Waals surface area contributed by atoms with Gasteiger partial charge in [-0.05, 0) is 30.5 Å². The van der Waals surface area contributed by atoms with Crippen LogP contribution in [0.25, 0.3) is 11.4 Å². The molecule has 0 atom stereocenters. The van der Waals surface area contributed by atoms with E-state index in [2.05, 4.69) is 25.1 Å². The molecule has 160 valence electrons. The maximum absolute atomic E-state index is 11.2. The highest BCUT2D eigenvalue weighted by Crippen LogP contribution is 2.28. The molecule has 0 aliphatic rings. The zero-order valence-electron chi connectivity index (χ0n) is 17.2. The minimum Gasteiger partial charge on any atom is -0.493 e. The molecule has 0 saturated heterocycles. The van der Waals surface area contributed by atoms with Crippen LogP contribution in [0.2, 0.25) is 0 Å². The number of aromatic nitrogens is 3. The average Bonchev–Trinajstić information content (AvgIpc) is 3.22. The molecule has 3 aromatic rings. The van der Waals surface area contributed by atoms with Gasteiger partial charge in [0.15, 0.2) is 11.5 Å². The van der Waals surface area contributed by atoms with Crippen molar-refractivity contribution in [3.05, 3.63) is 48.1 Å². The number of carboxylic acid groups (broad SMARTS) is 1. The Morgan fingerprint density at radius 3 is 2.42 bits per heavy atom. The second-order valence-corrected chi connectivity index (χ2v) is 6.77. The SMILES string of the molecule is COc1cnc(C(=Nc2ccc(-c3noc(C)n3)cc2)C(=NC(=O)O)SC)cc1OC. The first-order chi connectivity index (χ1) is 14.9. The van der Waals surface area contributed by atoms with E-state index in [1.165, 1.54) is 20.4 Å². The van der Waals surface area contributed by atoms with Gasteiger partial charge in [-0.15, -0.1) is 11.8 Å². The molecule has 0 bridgehead atoms. The number of nitrogens with zero attached hydrogens (tertiary/aromatic N) is 5. The standard InChI is InChI=1S/C20H19N5O5S/c1-11-22-18(25-30-11)12-5-7-13(8-6-12)23-17(19(31-4)24-20(26)27)14-9-15(28-2)16(29-3)10-21-14/h5-10H,1-4H3,(H,26,27). The number of benzene rings is 1. The first-order valence-electron chi connectivity index (χ1n) is 8.89. The molecular weight excluding hydrogens is 422 g/mol. The summed E-state index contributed by atoms with van der Waals surface area (Å²) in [6, 6.07) is 8.69. The first kappa shape index (κ1) is 22.0. The largest absolute Gasteiger partial charge is 0.493 e. The Morgan fingerprint density at radius 1 is 1.16 bits per heavy atom. The van der Waals surface area contributed by atoms with Crippen molar-refractivity contribution >= 4 is 34.3 Å². The molecule has 3 rings (SSSR count). The van der Waals surface area contributed by atoms with Crippen LogP contribution in [0.1, 0.15) is 11.6 Å². The summed E-state index contributed by atoms with van der Waals surface area (Å²) in [7, 11) is 3.00. The van der Waals surface area contributed by atoms with Crippen molar-refractivity contribution in [2.24, 2.45) is 9.98 Å². The number of aryl methyl sites for hydroxylation is 1. The van der Waals surface area contributed by atoms with E-state index in [1.807, 2.05) is 0 Å². The van der Waals surface area contributed by atoms with Crippen LogP contribution >= 0.6 is 11.8 Å². The molecule has 0 spiro atoms.